The van der Waals surface area contributed by atoms with Gasteiger partial charge in [0.15, 0.2) is 0 Å². The van der Waals surface area contributed by atoms with Crippen molar-refractivity contribution >= 4 is 23.3 Å². The minimum atomic E-state index is -0.0928. The van der Waals surface area contributed by atoms with Gasteiger partial charge in [-0.2, -0.15) is 0 Å². The zero-order valence-electron chi connectivity index (χ0n) is 13.2. The lowest BCUT2D eigenvalue weighted by atomic mass is 10.2. The van der Waals surface area contributed by atoms with Crippen molar-refractivity contribution in [3.05, 3.63) is 48.4 Å². The largest absolute Gasteiger partial charge is 0.469 e. The number of nitrogens with one attached hydrogen (secondary N) is 2. The van der Waals surface area contributed by atoms with Gasteiger partial charge in [0.05, 0.1) is 6.26 Å². The third-order valence-electron chi connectivity index (χ3n) is 4.54. The van der Waals surface area contributed by atoms with E-state index in [0.29, 0.717) is 18.8 Å². The summed E-state index contributed by atoms with van der Waals surface area (Å²) in [4.78, 5) is 26.0. The van der Waals surface area contributed by atoms with Crippen LogP contribution in [0.15, 0.2) is 47.1 Å². The highest BCUT2D eigenvalue weighted by Crippen LogP contribution is 2.48. The second kappa shape index (κ2) is 6.03. The van der Waals surface area contributed by atoms with E-state index in [1.165, 1.54) is 0 Å². The Hall–Kier alpha value is -2.76. The highest BCUT2D eigenvalue weighted by atomic mass is 16.3. The van der Waals surface area contributed by atoms with E-state index < -0.39 is 0 Å². The molecule has 1 aliphatic heterocycles. The van der Waals surface area contributed by atoms with Crippen LogP contribution in [0.2, 0.25) is 0 Å². The molecule has 124 valence electrons. The predicted octanol–water partition coefficient (Wildman–Crippen LogP) is 2.94. The van der Waals surface area contributed by atoms with Crippen molar-refractivity contribution in [3.8, 4) is 0 Å². The number of nitrogens with zero attached hydrogens (tertiary/aromatic N) is 1. The van der Waals surface area contributed by atoms with Crippen LogP contribution in [0.5, 0.6) is 0 Å². The summed E-state index contributed by atoms with van der Waals surface area (Å²) in [6, 6.07) is 11.1. The van der Waals surface area contributed by atoms with Crippen molar-refractivity contribution in [2.24, 2.45) is 5.92 Å². The molecule has 2 N–H and O–H groups in total. The summed E-state index contributed by atoms with van der Waals surface area (Å²) >= 11 is 0. The van der Waals surface area contributed by atoms with Crippen molar-refractivity contribution in [1.29, 1.82) is 0 Å². The lowest BCUT2D eigenvalue weighted by molar-refractivity contribution is -0.117. The Balaban J connectivity index is 1.43. The molecule has 24 heavy (non-hydrogen) atoms. The summed E-state index contributed by atoms with van der Waals surface area (Å²) in [5.41, 5.74) is 1.50. The monoisotopic (exact) mass is 325 g/mol. The normalized spacial score (nSPS) is 22.8. The van der Waals surface area contributed by atoms with Gasteiger partial charge >= 0.3 is 6.03 Å². The first-order chi connectivity index (χ1) is 11.7. The van der Waals surface area contributed by atoms with Crippen LogP contribution in [-0.4, -0.2) is 25.0 Å². The minimum Gasteiger partial charge on any atom is -0.469 e. The average Bonchev–Trinajstić information content (AvgIpc) is 3.21. The third-order valence-corrected chi connectivity index (χ3v) is 4.54. The Morgan fingerprint density at radius 1 is 1.29 bits per heavy atom. The van der Waals surface area contributed by atoms with E-state index >= 15 is 0 Å². The smallest absolute Gasteiger partial charge is 0.321 e. The van der Waals surface area contributed by atoms with Crippen molar-refractivity contribution in [2.75, 3.05) is 23.3 Å². The zero-order chi connectivity index (χ0) is 16.5. The first-order valence-corrected chi connectivity index (χ1v) is 8.22. The maximum Gasteiger partial charge on any atom is 0.321 e. The summed E-state index contributed by atoms with van der Waals surface area (Å²) in [6.07, 6.45) is 3.36. The number of rotatable bonds is 4. The van der Waals surface area contributed by atoms with Crippen molar-refractivity contribution in [2.45, 2.75) is 18.8 Å². The van der Waals surface area contributed by atoms with E-state index in [9.17, 15) is 9.59 Å². The van der Waals surface area contributed by atoms with Crippen LogP contribution in [0.1, 0.15) is 24.5 Å². The van der Waals surface area contributed by atoms with E-state index in [2.05, 4.69) is 10.6 Å². The number of anilines is 2. The summed E-state index contributed by atoms with van der Waals surface area (Å²) < 4.78 is 5.37. The van der Waals surface area contributed by atoms with Gasteiger partial charge in [0.2, 0.25) is 5.91 Å². The number of carbonyl (C=O) groups excluding carboxylic acids is 2. The number of hydrogen-bond donors (Lipinski definition) is 2. The maximum absolute atomic E-state index is 12.4. The molecule has 1 saturated carbocycles. The SMILES string of the molecule is O=C(Nc1cccc(N2CCCNC2=O)c1)[C@@H]1C[C@@H]1c1ccco1. The molecule has 6 heteroatoms. The van der Waals surface area contributed by atoms with Crippen LogP contribution in [0.4, 0.5) is 16.2 Å². The Morgan fingerprint density at radius 2 is 2.21 bits per heavy atom. The molecule has 3 amide bonds. The Kier molecular flexibility index (Phi) is 3.72. The second-order valence-electron chi connectivity index (χ2n) is 6.24. The lowest BCUT2D eigenvalue weighted by Gasteiger charge is -2.27. The van der Waals surface area contributed by atoms with Gasteiger partial charge in [-0.15, -0.1) is 0 Å². The fraction of sp³-hybridized carbons (Fsp3) is 0.333. The van der Waals surface area contributed by atoms with Gasteiger partial charge in [0, 0.05) is 36.3 Å². The van der Waals surface area contributed by atoms with Gasteiger partial charge in [0.25, 0.3) is 0 Å². The van der Waals surface area contributed by atoms with Gasteiger partial charge < -0.3 is 15.1 Å². The molecule has 0 radical (unpaired) electrons. The molecule has 1 aromatic carbocycles. The van der Waals surface area contributed by atoms with E-state index in [4.69, 9.17) is 4.42 Å². The molecule has 2 aromatic rings. The first-order valence-electron chi connectivity index (χ1n) is 8.22. The standard InChI is InChI=1S/C18H19N3O3/c22-17(15-11-14(15)16-6-2-9-24-16)20-12-4-1-5-13(10-12)21-8-3-7-19-18(21)23/h1-2,4-6,9-10,14-15H,3,7-8,11H2,(H,19,23)(H,20,22)/t14-,15+/m0/s1. The van der Waals surface area contributed by atoms with Crippen molar-refractivity contribution in [3.63, 3.8) is 0 Å². The molecule has 2 aliphatic rings. The van der Waals surface area contributed by atoms with Crippen molar-refractivity contribution in [1.82, 2.24) is 5.32 Å². The zero-order valence-corrected chi connectivity index (χ0v) is 13.2. The Morgan fingerprint density at radius 3 is 3.00 bits per heavy atom. The minimum absolute atomic E-state index is 0.00311. The third kappa shape index (κ3) is 2.87. The summed E-state index contributed by atoms with van der Waals surface area (Å²) in [5, 5.41) is 5.78. The van der Waals surface area contributed by atoms with Crippen molar-refractivity contribution < 1.29 is 14.0 Å². The maximum atomic E-state index is 12.4. The fourth-order valence-electron chi connectivity index (χ4n) is 3.16. The molecule has 2 heterocycles. The highest BCUT2D eigenvalue weighted by molar-refractivity contribution is 5.97. The number of urea groups is 1. The summed E-state index contributed by atoms with van der Waals surface area (Å²) in [6.45, 7) is 1.40. The lowest BCUT2D eigenvalue weighted by Crippen LogP contribution is -2.46. The van der Waals surface area contributed by atoms with Crippen LogP contribution in [0, 0.1) is 5.92 Å². The van der Waals surface area contributed by atoms with E-state index in [1.807, 2.05) is 36.4 Å². The van der Waals surface area contributed by atoms with E-state index in [-0.39, 0.29) is 23.8 Å². The van der Waals surface area contributed by atoms with Crippen LogP contribution in [0.25, 0.3) is 0 Å². The molecular weight excluding hydrogens is 306 g/mol. The number of amides is 3. The molecule has 0 spiro atoms. The highest BCUT2D eigenvalue weighted by Gasteiger charge is 2.45. The molecule has 4 rings (SSSR count). The van der Waals surface area contributed by atoms with Crippen LogP contribution < -0.4 is 15.5 Å². The summed E-state index contributed by atoms with van der Waals surface area (Å²) in [5.74, 6) is 1.000. The number of carbonyl (C=O) groups is 2. The molecule has 1 saturated heterocycles. The number of benzene rings is 1. The van der Waals surface area contributed by atoms with Crippen LogP contribution >= 0.6 is 0 Å². The second-order valence-corrected chi connectivity index (χ2v) is 6.24. The first kappa shape index (κ1) is 14.8. The Labute approximate surface area is 139 Å². The quantitative estimate of drug-likeness (QED) is 0.907. The topological polar surface area (TPSA) is 74.6 Å². The van der Waals surface area contributed by atoms with E-state index in [0.717, 1.165) is 24.3 Å². The number of furan rings is 1. The molecule has 0 bridgehead atoms. The molecule has 2 atom stereocenters. The molecule has 1 aromatic heterocycles. The Bertz CT molecular complexity index is 757. The molecule has 6 nitrogen and oxygen atoms in total. The average molecular weight is 325 g/mol. The van der Waals surface area contributed by atoms with Crippen LogP contribution in [0.3, 0.4) is 0 Å². The molecule has 0 unspecified atom stereocenters. The summed E-state index contributed by atoms with van der Waals surface area (Å²) in [7, 11) is 0. The number of hydrogen-bond acceptors (Lipinski definition) is 3. The van der Waals surface area contributed by atoms with E-state index in [1.54, 1.807) is 11.2 Å². The van der Waals surface area contributed by atoms with Crippen LogP contribution in [-0.2, 0) is 4.79 Å². The van der Waals surface area contributed by atoms with Gasteiger partial charge in [-0.05, 0) is 43.2 Å². The molecular formula is C18H19N3O3. The fourth-order valence-corrected chi connectivity index (χ4v) is 3.16. The molecule has 2 fully saturated rings. The predicted molar refractivity (Wildman–Crippen MR) is 90.0 cm³/mol. The van der Waals surface area contributed by atoms with Gasteiger partial charge in [-0.1, -0.05) is 6.07 Å². The van der Waals surface area contributed by atoms with Gasteiger partial charge in [0.1, 0.15) is 5.76 Å². The van der Waals surface area contributed by atoms with Gasteiger partial charge in [-0.3, -0.25) is 9.69 Å². The van der Waals surface area contributed by atoms with Gasteiger partial charge in [-0.25, -0.2) is 4.79 Å². The molecule has 1 aliphatic carbocycles.